The maximum atomic E-state index is 13.5. The van der Waals surface area contributed by atoms with Gasteiger partial charge in [0.25, 0.3) is 12.3 Å². The van der Waals surface area contributed by atoms with Crippen molar-refractivity contribution >= 4 is 11.6 Å². The number of hydrogen-bond donors (Lipinski definition) is 2. The molecular formula is C23H21F4N3O4. The van der Waals surface area contributed by atoms with Gasteiger partial charge in [0.15, 0.2) is 0 Å². The lowest BCUT2D eigenvalue weighted by atomic mass is 9.98. The van der Waals surface area contributed by atoms with Crippen molar-refractivity contribution in [2.24, 2.45) is 0 Å². The van der Waals surface area contributed by atoms with Gasteiger partial charge in [-0.1, -0.05) is 24.3 Å². The lowest BCUT2D eigenvalue weighted by Crippen LogP contribution is -2.27. The summed E-state index contributed by atoms with van der Waals surface area (Å²) in [5, 5.41) is 16.1. The first kappa shape index (κ1) is 24.9. The number of hydrogen-bond acceptors (Lipinski definition) is 5. The van der Waals surface area contributed by atoms with Crippen molar-refractivity contribution in [2.75, 3.05) is 11.9 Å². The van der Waals surface area contributed by atoms with Crippen LogP contribution in [0.4, 0.5) is 23.2 Å². The van der Waals surface area contributed by atoms with Gasteiger partial charge in [0.2, 0.25) is 5.43 Å². The number of alkyl halides is 4. The Labute approximate surface area is 191 Å². The topological polar surface area (TPSA) is 93.5 Å². The van der Waals surface area contributed by atoms with Crippen LogP contribution in [-0.2, 0) is 5.60 Å². The summed E-state index contributed by atoms with van der Waals surface area (Å²) in [4.78, 5) is 25.8. The van der Waals surface area contributed by atoms with Gasteiger partial charge >= 0.3 is 6.55 Å². The number of carbonyl (C=O) groups excluding carboxylic acids is 1. The summed E-state index contributed by atoms with van der Waals surface area (Å²) in [5.74, 6) is -1.15. The average molecular weight is 479 g/mol. The summed E-state index contributed by atoms with van der Waals surface area (Å²) in [6.45, 7) is -1.02. The summed E-state index contributed by atoms with van der Waals surface area (Å²) in [5.41, 5.74) is -2.61. The molecule has 1 heterocycles. The van der Waals surface area contributed by atoms with E-state index in [4.69, 9.17) is 4.74 Å². The molecule has 0 bridgehead atoms. The smallest absolute Gasteiger partial charge is 0.333 e. The van der Waals surface area contributed by atoms with Crippen LogP contribution >= 0.6 is 0 Å². The summed E-state index contributed by atoms with van der Waals surface area (Å²) in [7, 11) is 0. The molecule has 0 fully saturated rings. The zero-order valence-electron chi connectivity index (χ0n) is 18.1. The molecular weight excluding hydrogens is 458 g/mol. The van der Waals surface area contributed by atoms with Crippen LogP contribution in [0.25, 0.3) is 11.3 Å². The molecule has 7 nitrogen and oxygen atoms in total. The van der Waals surface area contributed by atoms with Gasteiger partial charge in [-0.05, 0) is 43.7 Å². The lowest BCUT2D eigenvalue weighted by molar-refractivity contribution is 0.0547. The molecule has 0 saturated carbocycles. The minimum atomic E-state index is -3.19. The SMILES string of the molecule is CC(C)(O)c1ccc(NC(=O)c2cn(C(F)F)nc(-c3ccccc3OCC(F)F)c2=O)cc1. The Bertz CT molecular complexity index is 1220. The van der Waals surface area contributed by atoms with Gasteiger partial charge < -0.3 is 15.2 Å². The van der Waals surface area contributed by atoms with Crippen molar-refractivity contribution in [3.05, 3.63) is 76.1 Å². The molecule has 1 amide bonds. The van der Waals surface area contributed by atoms with E-state index in [1.54, 1.807) is 26.0 Å². The number of aromatic nitrogens is 2. The molecule has 11 heteroatoms. The highest BCUT2D eigenvalue weighted by Gasteiger charge is 2.23. The normalized spacial score (nSPS) is 11.7. The van der Waals surface area contributed by atoms with Crippen molar-refractivity contribution in [3.8, 4) is 17.0 Å². The third kappa shape index (κ3) is 5.79. The van der Waals surface area contributed by atoms with Gasteiger partial charge in [0.1, 0.15) is 23.6 Å². The summed E-state index contributed by atoms with van der Waals surface area (Å²) in [6.07, 6.45) is -2.20. The fourth-order valence-corrected chi connectivity index (χ4v) is 3.05. The third-order valence-electron chi connectivity index (χ3n) is 4.74. The highest BCUT2D eigenvalue weighted by Crippen LogP contribution is 2.28. The molecule has 0 radical (unpaired) electrons. The first-order valence-corrected chi connectivity index (χ1v) is 10.0. The Balaban J connectivity index is 2.02. The van der Waals surface area contributed by atoms with Gasteiger partial charge in [0.05, 0.1) is 5.60 Å². The van der Waals surface area contributed by atoms with Crippen LogP contribution in [0.2, 0.25) is 0 Å². The number of halogens is 4. The van der Waals surface area contributed by atoms with Crippen LogP contribution < -0.4 is 15.5 Å². The fourth-order valence-electron chi connectivity index (χ4n) is 3.05. The van der Waals surface area contributed by atoms with Crippen LogP contribution in [0.1, 0.15) is 36.3 Å². The number of nitrogens with zero attached hydrogens (tertiary/aromatic N) is 2. The molecule has 0 aliphatic carbocycles. The molecule has 0 aliphatic heterocycles. The van der Waals surface area contributed by atoms with E-state index in [0.717, 1.165) is 0 Å². The first-order chi connectivity index (χ1) is 16.0. The standard InChI is InChI=1S/C23H21F4N3O4/c1-23(2,33)13-7-9-14(10-8-13)28-21(32)16-11-30(22(26)27)29-19(20(16)31)15-5-3-4-6-17(15)34-12-18(24)25/h3-11,18,22,33H,12H2,1-2H3,(H,28,32). The molecule has 0 unspecified atom stereocenters. The summed E-state index contributed by atoms with van der Waals surface area (Å²) < 4.78 is 57.3. The van der Waals surface area contributed by atoms with E-state index < -0.39 is 47.8 Å². The van der Waals surface area contributed by atoms with Crippen molar-refractivity contribution in [3.63, 3.8) is 0 Å². The molecule has 1 aromatic heterocycles. The number of carbonyl (C=O) groups is 1. The molecule has 180 valence electrons. The lowest BCUT2D eigenvalue weighted by Gasteiger charge is -2.18. The number of ether oxygens (including phenoxy) is 1. The van der Waals surface area contributed by atoms with Crippen molar-refractivity contribution in [1.29, 1.82) is 0 Å². The molecule has 3 rings (SSSR count). The Hall–Kier alpha value is -3.73. The van der Waals surface area contributed by atoms with Gasteiger partial charge in [0, 0.05) is 17.4 Å². The predicted molar refractivity (Wildman–Crippen MR) is 116 cm³/mol. The number of rotatable bonds is 8. The molecule has 0 atom stereocenters. The molecule has 34 heavy (non-hydrogen) atoms. The summed E-state index contributed by atoms with van der Waals surface area (Å²) in [6, 6.07) is 11.5. The van der Waals surface area contributed by atoms with Crippen LogP contribution in [-0.4, -0.2) is 33.8 Å². The molecule has 2 aromatic carbocycles. The van der Waals surface area contributed by atoms with E-state index in [-0.39, 0.29) is 21.7 Å². The van der Waals surface area contributed by atoms with Crippen LogP contribution in [0.5, 0.6) is 5.75 Å². The molecule has 0 saturated heterocycles. The maximum Gasteiger partial charge on any atom is 0.333 e. The van der Waals surface area contributed by atoms with E-state index in [0.29, 0.717) is 11.8 Å². The van der Waals surface area contributed by atoms with Crippen LogP contribution in [0.3, 0.4) is 0 Å². The van der Waals surface area contributed by atoms with Crippen molar-refractivity contribution < 1.29 is 32.2 Å². The second-order valence-electron chi connectivity index (χ2n) is 7.77. The Morgan fingerprint density at radius 1 is 1.12 bits per heavy atom. The van der Waals surface area contributed by atoms with Crippen LogP contribution in [0, 0.1) is 0 Å². The number of aliphatic hydroxyl groups is 1. The number of benzene rings is 2. The predicted octanol–water partition coefficient (Wildman–Crippen LogP) is 4.43. The summed E-state index contributed by atoms with van der Waals surface area (Å²) >= 11 is 0. The number of amides is 1. The largest absolute Gasteiger partial charge is 0.487 e. The third-order valence-corrected chi connectivity index (χ3v) is 4.74. The number of anilines is 1. The van der Waals surface area contributed by atoms with Crippen molar-refractivity contribution in [1.82, 2.24) is 9.78 Å². The minimum absolute atomic E-state index is 0.119. The van der Waals surface area contributed by atoms with Crippen molar-refractivity contribution in [2.45, 2.75) is 32.4 Å². The number of para-hydroxylation sites is 1. The second kappa shape index (κ2) is 10.0. The first-order valence-electron chi connectivity index (χ1n) is 10.0. The van der Waals surface area contributed by atoms with Gasteiger partial charge in [-0.2, -0.15) is 13.9 Å². The van der Waals surface area contributed by atoms with Crippen LogP contribution in [0.15, 0.2) is 59.5 Å². The van der Waals surface area contributed by atoms with E-state index in [1.165, 1.54) is 36.4 Å². The minimum Gasteiger partial charge on any atom is -0.487 e. The average Bonchev–Trinajstić information content (AvgIpc) is 2.77. The van der Waals surface area contributed by atoms with Gasteiger partial charge in [-0.15, -0.1) is 0 Å². The molecule has 2 N–H and O–H groups in total. The molecule has 3 aromatic rings. The quantitative estimate of drug-likeness (QED) is 0.467. The molecule has 0 spiro atoms. The monoisotopic (exact) mass is 479 g/mol. The second-order valence-corrected chi connectivity index (χ2v) is 7.77. The Morgan fingerprint density at radius 2 is 1.76 bits per heavy atom. The van der Waals surface area contributed by atoms with E-state index in [9.17, 15) is 32.3 Å². The van der Waals surface area contributed by atoms with E-state index >= 15 is 0 Å². The Morgan fingerprint density at radius 3 is 2.35 bits per heavy atom. The van der Waals surface area contributed by atoms with Gasteiger partial charge in [-0.3, -0.25) is 9.59 Å². The zero-order valence-corrected chi connectivity index (χ0v) is 18.1. The Kier molecular flexibility index (Phi) is 7.35. The van der Waals surface area contributed by atoms with E-state index in [2.05, 4.69) is 10.4 Å². The highest BCUT2D eigenvalue weighted by molar-refractivity contribution is 6.04. The zero-order chi connectivity index (χ0) is 25.0. The maximum absolute atomic E-state index is 13.5. The fraction of sp³-hybridized carbons (Fsp3) is 0.261. The number of nitrogens with one attached hydrogen (secondary N) is 1. The van der Waals surface area contributed by atoms with E-state index in [1.807, 2.05) is 0 Å². The highest BCUT2D eigenvalue weighted by atomic mass is 19.3. The van der Waals surface area contributed by atoms with Gasteiger partial charge in [-0.25, -0.2) is 13.5 Å². The molecule has 0 aliphatic rings.